The summed E-state index contributed by atoms with van der Waals surface area (Å²) in [4.78, 5) is 4.87. The summed E-state index contributed by atoms with van der Waals surface area (Å²) < 4.78 is 9.79. The lowest BCUT2D eigenvalue weighted by molar-refractivity contribution is 0.652. The van der Waals surface area contributed by atoms with Gasteiger partial charge >= 0.3 is 6.71 Å². The van der Waals surface area contributed by atoms with Crippen LogP contribution in [0.15, 0.2) is 186 Å². The van der Waals surface area contributed by atoms with Crippen molar-refractivity contribution in [2.75, 3.05) is 9.80 Å². The minimum atomic E-state index is -2.35. The molecule has 0 bridgehead atoms. The van der Waals surface area contributed by atoms with E-state index in [1.165, 1.54) is 49.1 Å². The number of anilines is 6. The first-order valence-corrected chi connectivity index (χ1v) is 21.7. The number of aromatic nitrogens is 1. The van der Waals surface area contributed by atoms with Crippen molar-refractivity contribution >= 4 is 97.9 Å². The van der Waals surface area contributed by atoms with Crippen LogP contribution in [-0.2, 0) is 0 Å². The van der Waals surface area contributed by atoms with Gasteiger partial charge < -0.3 is 18.8 Å². The van der Waals surface area contributed by atoms with E-state index in [9.17, 15) is 0 Å². The van der Waals surface area contributed by atoms with Gasteiger partial charge in [0.25, 0.3) is 0 Å². The topological polar surface area (TPSA) is 24.6 Å². The predicted octanol–water partition coefficient (Wildman–Crippen LogP) is 9.28. The molecule has 0 fully saturated rings. The molecule has 0 aliphatic carbocycles. The molecule has 4 nitrogen and oxygen atoms in total. The molecule has 0 unspecified atom stereocenters. The zero-order valence-corrected chi connectivity index (χ0v) is 31.1. The fraction of sp³-hybridized carbons (Fsp3) is 0.0417. The van der Waals surface area contributed by atoms with Crippen molar-refractivity contribution in [3.05, 3.63) is 182 Å². The van der Waals surface area contributed by atoms with Crippen molar-refractivity contribution in [2.24, 2.45) is 0 Å². The molecule has 6 heteroatoms. The van der Waals surface area contributed by atoms with Gasteiger partial charge in [0, 0.05) is 50.5 Å². The Labute approximate surface area is 316 Å². The van der Waals surface area contributed by atoms with Crippen molar-refractivity contribution in [1.82, 2.24) is 4.57 Å². The molecule has 0 spiro atoms. The highest BCUT2D eigenvalue weighted by Crippen LogP contribution is 2.43. The highest BCUT2D eigenvalue weighted by atomic mass is 28.3. The lowest BCUT2D eigenvalue weighted by Gasteiger charge is -2.42. The summed E-state index contributed by atoms with van der Waals surface area (Å²) in [5, 5.41) is 5.28. The van der Waals surface area contributed by atoms with Gasteiger partial charge in [0.1, 0.15) is 13.7 Å². The molecule has 4 heterocycles. The average Bonchev–Trinajstić information content (AvgIpc) is 3.78. The zero-order valence-electron chi connectivity index (χ0n) is 30.1. The van der Waals surface area contributed by atoms with Crippen LogP contribution in [0.25, 0.3) is 27.6 Å². The Bertz CT molecular complexity index is 2830. The normalized spacial score (nSPS) is 13.8. The molecule has 2 aliphatic heterocycles. The van der Waals surface area contributed by atoms with Gasteiger partial charge in [-0.05, 0) is 89.5 Å². The molecule has 54 heavy (non-hydrogen) atoms. The van der Waals surface area contributed by atoms with Crippen LogP contribution < -0.4 is 36.9 Å². The molecule has 0 saturated heterocycles. The van der Waals surface area contributed by atoms with E-state index in [2.05, 4.69) is 209 Å². The first kappa shape index (κ1) is 31.1. The van der Waals surface area contributed by atoms with Gasteiger partial charge in [-0.3, -0.25) is 0 Å². The number of hydrogen-bond acceptors (Lipinski definition) is 3. The first-order chi connectivity index (χ1) is 26.6. The summed E-state index contributed by atoms with van der Waals surface area (Å²) in [6.07, 6.45) is 0. The Balaban J connectivity index is 1.24. The Kier molecular flexibility index (Phi) is 6.76. The second-order valence-corrected chi connectivity index (χ2v) is 19.2. The number of rotatable bonds is 5. The van der Waals surface area contributed by atoms with Crippen LogP contribution in [0.4, 0.5) is 34.1 Å². The van der Waals surface area contributed by atoms with Crippen LogP contribution in [0, 0.1) is 0 Å². The van der Waals surface area contributed by atoms with E-state index in [1.54, 1.807) is 0 Å². The van der Waals surface area contributed by atoms with E-state index in [1.807, 2.05) is 0 Å². The van der Waals surface area contributed by atoms with Crippen LogP contribution in [0.2, 0.25) is 13.1 Å². The van der Waals surface area contributed by atoms with Gasteiger partial charge in [0.05, 0.1) is 16.9 Å². The SMILES string of the molecule is C[Si]1(C)c2cccc3c2B(c2oc4ccc(N(c5ccccc5)c5ccccc5)cc4c21)c1c(c2ccccc2n1-c1ccccc1)N3c1ccccc1. The summed E-state index contributed by atoms with van der Waals surface area (Å²) in [5.74, 6) is 0. The smallest absolute Gasteiger partial charge is 0.312 e. The van der Waals surface area contributed by atoms with Crippen molar-refractivity contribution in [1.29, 1.82) is 0 Å². The maximum Gasteiger partial charge on any atom is 0.312 e. The van der Waals surface area contributed by atoms with E-state index >= 15 is 0 Å². The quantitative estimate of drug-likeness (QED) is 0.167. The van der Waals surface area contributed by atoms with Crippen molar-refractivity contribution in [2.45, 2.75) is 13.1 Å². The fourth-order valence-electron chi connectivity index (χ4n) is 9.38. The predicted molar refractivity (Wildman–Crippen MR) is 230 cm³/mol. The summed E-state index contributed by atoms with van der Waals surface area (Å²) in [6, 6.07) is 65.8. The third kappa shape index (κ3) is 4.38. The van der Waals surface area contributed by atoms with E-state index in [0.717, 1.165) is 39.7 Å². The molecule has 0 atom stereocenters. The lowest BCUT2D eigenvalue weighted by atomic mass is 9.38. The number of para-hydroxylation sites is 5. The highest BCUT2D eigenvalue weighted by molar-refractivity contribution is 7.15. The van der Waals surface area contributed by atoms with Gasteiger partial charge in [0.15, 0.2) is 0 Å². The van der Waals surface area contributed by atoms with Crippen LogP contribution in [0.1, 0.15) is 0 Å². The maximum atomic E-state index is 7.29. The monoisotopic (exact) mass is 709 g/mol. The number of nitrogens with zero attached hydrogens (tertiary/aromatic N) is 3. The van der Waals surface area contributed by atoms with Crippen LogP contribution in [0.5, 0.6) is 0 Å². The van der Waals surface area contributed by atoms with E-state index in [0.29, 0.717) is 0 Å². The van der Waals surface area contributed by atoms with Crippen LogP contribution >= 0.6 is 0 Å². The van der Waals surface area contributed by atoms with Gasteiger partial charge in [-0.15, -0.1) is 0 Å². The van der Waals surface area contributed by atoms with E-state index in [-0.39, 0.29) is 6.71 Å². The van der Waals surface area contributed by atoms with Crippen LogP contribution in [0.3, 0.4) is 0 Å². The Morgan fingerprint density at radius 2 is 1.17 bits per heavy atom. The molecular weight excluding hydrogens is 673 g/mol. The highest BCUT2D eigenvalue weighted by Gasteiger charge is 2.52. The van der Waals surface area contributed by atoms with Gasteiger partial charge in [0.2, 0.25) is 0 Å². The molecule has 0 N–H and O–H groups in total. The molecule has 0 radical (unpaired) electrons. The molecule has 9 aromatic rings. The Hall–Kier alpha value is -6.50. The Morgan fingerprint density at radius 1 is 0.556 bits per heavy atom. The van der Waals surface area contributed by atoms with Gasteiger partial charge in [-0.2, -0.15) is 0 Å². The largest absolute Gasteiger partial charge is 0.470 e. The summed E-state index contributed by atoms with van der Waals surface area (Å²) >= 11 is 0. The van der Waals surface area contributed by atoms with Crippen molar-refractivity contribution < 1.29 is 4.42 Å². The summed E-state index contributed by atoms with van der Waals surface area (Å²) in [7, 11) is -2.35. The maximum absolute atomic E-state index is 7.29. The molecule has 0 amide bonds. The van der Waals surface area contributed by atoms with E-state index < -0.39 is 8.07 Å². The molecule has 256 valence electrons. The third-order valence-corrected chi connectivity index (χ3v) is 15.1. The lowest BCUT2D eigenvalue weighted by Crippen LogP contribution is -2.78. The second kappa shape index (κ2) is 11.8. The molecular formula is C48H36BN3OSi. The minimum absolute atomic E-state index is 0.107. The third-order valence-electron chi connectivity index (χ3n) is 11.6. The fourth-order valence-corrected chi connectivity index (χ4v) is 12.8. The molecule has 7 aromatic carbocycles. The van der Waals surface area contributed by atoms with Crippen LogP contribution in [-0.4, -0.2) is 19.4 Å². The van der Waals surface area contributed by atoms with E-state index in [4.69, 9.17) is 4.42 Å². The molecule has 11 rings (SSSR count). The molecule has 2 aliphatic rings. The minimum Gasteiger partial charge on any atom is -0.470 e. The number of furan rings is 1. The molecule has 2 aromatic heterocycles. The standard InChI is InChI=1S/C48H36BN3OSi/c1-54(2)43-29-17-28-41-44(43)49(47-45(51(41)35-22-11-5-12-23-35)38-26-15-16-27-40(38)52(47)36-24-13-6-14-25-36)48-46(54)39-32-37(30-31-42(39)53-48)50(33-18-7-3-8-19-33)34-20-9-4-10-21-34/h3-32H,1-2H3. The van der Waals surface area contributed by atoms with Gasteiger partial charge in [-0.25, -0.2) is 0 Å². The summed E-state index contributed by atoms with van der Waals surface area (Å²) in [6.45, 7) is 4.92. The average molecular weight is 710 g/mol. The Morgan fingerprint density at radius 3 is 1.85 bits per heavy atom. The van der Waals surface area contributed by atoms with Crippen molar-refractivity contribution in [3.63, 3.8) is 0 Å². The second-order valence-electron chi connectivity index (χ2n) is 14.9. The number of fused-ring (bicyclic) bond motifs is 8. The first-order valence-electron chi connectivity index (χ1n) is 18.7. The summed E-state index contributed by atoms with van der Waals surface area (Å²) in [5.41, 5.74) is 13.9. The number of hydrogen-bond donors (Lipinski definition) is 0. The molecule has 0 saturated carbocycles. The van der Waals surface area contributed by atoms with Gasteiger partial charge in [-0.1, -0.05) is 121 Å². The number of benzene rings is 7. The van der Waals surface area contributed by atoms with Crippen molar-refractivity contribution in [3.8, 4) is 5.69 Å². The zero-order chi connectivity index (χ0) is 36.0.